The topological polar surface area (TPSA) is 12.9 Å². The molecular weight excluding hydrogens is 506 g/mol. The first kappa shape index (κ1) is 24.8. The summed E-state index contributed by atoms with van der Waals surface area (Å²) in [6, 6.07) is 37.7. The number of hydrogen-bond donors (Lipinski definition) is 0. The van der Waals surface area contributed by atoms with Crippen LogP contribution in [0.2, 0.25) is 0 Å². The molecule has 0 radical (unpaired) electrons. The number of aromatic nitrogens is 1. The van der Waals surface area contributed by atoms with Crippen LogP contribution in [0.15, 0.2) is 146 Å². The van der Waals surface area contributed by atoms with Crippen molar-refractivity contribution in [1.82, 2.24) is 4.98 Å². The molecule has 200 valence electrons. The Kier molecular flexibility index (Phi) is 6.15. The predicted octanol–water partition coefficient (Wildman–Crippen LogP) is 11.1. The van der Waals surface area contributed by atoms with Crippen LogP contribution in [-0.2, 0) is 0 Å². The van der Waals surface area contributed by atoms with Crippen molar-refractivity contribution in [2.75, 3.05) is 0 Å². The number of hydrogen-bond acceptors (Lipinski definition) is 1. The van der Waals surface area contributed by atoms with Crippen LogP contribution < -0.4 is 0 Å². The second-order valence-corrected chi connectivity index (χ2v) is 11.3. The van der Waals surface area contributed by atoms with Crippen LogP contribution in [0.1, 0.15) is 42.0 Å². The first-order valence-electron chi connectivity index (χ1n) is 15.0. The van der Waals surface area contributed by atoms with Crippen molar-refractivity contribution in [3.63, 3.8) is 0 Å². The lowest BCUT2D eigenvalue weighted by Crippen LogP contribution is -2.01. The lowest BCUT2D eigenvalue weighted by atomic mass is 9.83. The fraction of sp³-hybridized carbons (Fsp3) is 0.0976. The van der Waals surface area contributed by atoms with E-state index in [9.17, 15) is 0 Å². The van der Waals surface area contributed by atoms with Crippen molar-refractivity contribution in [2.24, 2.45) is 0 Å². The molecule has 2 aliphatic rings. The number of fused-ring (bicyclic) bond motifs is 3. The molecule has 6 aromatic rings. The molecule has 1 heterocycles. The standard InChI is InChI=1S/C41H31N/c1-2-12-30(13-3-1)40-35-14-4-6-16-37(35)41(38-17-7-5-15-36(38)40)34-21-11-19-32-31(18-10-20-33(32)34)28-23-25-29(26-24-28)39-22-8-9-27-42-39/h2,4-25,27,29H,1,3,26H2. The Balaban J connectivity index is 1.33. The van der Waals surface area contributed by atoms with Gasteiger partial charge in [-0.1, -0.05) is 127 Å². The van der Waals surface area contributed by atoms with Crippen molar-refractivity contribution in [3.05, 3.63) is 163 Å². The van der Waals surface area contributed by atoms with Gasteiger partial charge in [0.15, 0.2) is 0 Å². The first-order valence-corrected chi connectivity index (χ1v) is 15.0. The molecule has 0 bridgehead atoms. The summed E-state index contributed by atoms with van der Waals surface area (Å²) >= 11 is 0. The molecular formula is C41H31N. The Bertz CT molecular complexity index is 2050. The van der Waals surface area contributed by atoms with E-state index >= 15 is 0 Å². The largest absolute Gasteiger partial charge is 0.261 e. The van der Waals surface area contributed by atoms with Gasteiger partial charge in [0.2, 0.25) is 0 Å². The number of pyridine rings is 1. The predicted molar refractivity (Wildman–Crippen MR) is 179 cm³/mol. The van der Waals surface area contributed by atoms with Gasteiger partial charge in [-0.15, -0.1) is 0 Å². The maximum atomic E-state index is 4.59. The summed E-state index contributed by atoms with van der Waals surface area (Å²) in [6.07, 6.45) is 19.1. The van der Waals surface area contributed by atoms with E-state index in [1.807, 2.05) is 12.3 Å². The number of rotatable bonds is 4. The summed E-state index contributed by atoms with van der Waals surface area (Å²) in [4.78, 5) is 4.59. The molecule has 2 aliphatic carbocycles. The van der Waals surface area contributed by atoms with E-state index in [1.54, 1.807) is 0 Å². The number of allylic oxidation sites excluding steroid dienone is 8. The molecule has 0 N–H and O–H groups in total. The fourth-order valence-corrected chi connectivity index (χ4v) is 6.94. The fourth-order valence-electron chi connectivity index (χ4n) is 6.94. The van der Waals surface area contributed by atoms with Crippen LogP contribution in [0.5, 0.6) is 0 Å². The maximum absolute atomic E-state index is 4.59. The lowest BCUT2D eigenvalue weighted by Gasteiger charge is -2.21. The van der Waals surface area contributed by atoms with Gasteiger partial charge in [-0.25, -0.2) is 0 Å². The van der Waals surface area contributed by atoms with Crippen molar-refractivity contribution in [3.8, 4) is 11.1 Å². The molecule has 0 spiro atoms. The molecule has 0 amide bonds. The van der Waals surface area contributed by atoms with Gasteiger partial charge in [-0.2, -0.15) is 0 Å². The molecule has 0 aliphatic heterocycles. The third-order valence-corrected chi connectivity index (χ3v) is 8.89. The maximum Gasteiger partial charge on any atom is 0.0475 e. The van der Waals surface area contributed by atoms with E-state index in [-0.39, 0.29) is 0 Å². The summed E-state index contributed by atoms with van der Waals surface area (Å²) in [7, 11) is 0. The third-order valence-electron chi connectivity index (χ3n) is 8.89. The van der Waals surface area contributed by atoms with Crippen LogP contribution in [0.4, 0.5) is 0 Å². The summed E-state index contributed by atoms with van der Waals surface area (Å²) in [5.41, 5.74) is 8.98. The van der Waals surface area contributed by atoms with E-state index in [2.05, 4.69) is 139 Å². The first-order chi connectivity index (χ1) is 20.9. The van der Waals surface area contributed by atoms with Gasteiger partial charge in [0.05, 0.1) is 0 Å². The Morgan fingerprint density at radius 2 is 1.14 bits per heavy atom. The van der Waals surface area contributed by atoms with E-state index in [0.29, 0.717) is 5.92 Å². The van der Waals surface area contributed by atoms with Gasteiger partial charge in [-0.05, 0) is 97.1 Å². The normalized spacial score (nSPS) is 16.6. The van der Waals surface area contributed by atoms with Gasteiger partial charge >= 0.3 is 0 Å². The van der Waals surface area contributed by atoms with Crippen LogP contribution >= 0.6 is 0 Å². The molecule has 42 heavy (non-hydrogen) atoms. The molecule has 1 aromatic heterocycles. The Morgan fingerprint density at radius 1 is 0.500 bits per heavy atom. The average molecular weight is 538 g/mol. The Hall–Kier alpha value is -5.01. The zero-order valence-electron chi connectivity index (χ0n) is 23.5. The highest BCUT2D eigenvalue weighted by molar-refractivity contribution is 6.22. The van der Waals surface area contributed by atoms with Gasteiger partial charge in [-0.3, -0.25) is 4.98 Å². The van der Waals surface area contributed by atoms with Crippen molar-refractivity contribution >= 4 is 43.5 Å². The molecule has 0 saturated heterocycles. The van der Waals surface area contributed by atoms with Crippen LogP contribution in [0.25, 0.3) is 54.6 Å². The van der Waals surface area contributed by atoms with Crippen molar-refractivity contribution in [2.45, 2.75) is 25.2 Å². The molecule has 1 unspecified atom stereocenters. The zero-order valence-corrected chi connectivity index (χ0v) is 23.5. The van der Waals surface area contributed by atoms with Crippen LogP contribution in [0.3, 0.4) is 0 Å². The SMILES string of the molecule is C1=CC(c2c3ccccc3c(-c3cccc4c(C5=CCC(c6ccccn6)C=C5)cccc34)c3ccccc23)=CCC1. The van der Waals surface area contributed by atoms with Gasteiger partial charge in [0, 0.05) is 17.8 Å². The minimum absolute atomic E-state index is 0.325. The number of nitrogens with zero attached hydrogens (tertiary/aromatic N) is 1. The molecule has 1 atom stereocenters. The number of benzene rings is 5. The minimum Gasteiger partial charge on any atom is -0.261 e. The molecule has 5 aromatic carbocycles. The summed E-state index contributed by atoms with van der Waals surface area (Å²) < 4.78 is 0. The lowest BCUT2D eigenvalue weighted by molar-refractivity contribution is 0.818. The van der Waals surface area contributed by atoms with E-state index in [1.165, 1.54) is 65.7 Å². The summed E-state index contributed by atoms with van der Waals surface area (Å²) in [6.45, 7) is 0. The molecule has 0 fully saturated rings. The monoisotopic (exact) mass is 537 g/mol. The molecule has 1 heteroatoms. The quantitative estimate of drug-likeness (QED) is 0.204. The molecule has 1 nitrogen and oxygen atoms in total. The Labute approximate surface area is 246 Å². The molecule has 8 rings (SSSR count). The van der Waals surface area contributed by atoms with E-state index in [4.69, 9.17) is 0 Å². The minimum atomic E-state index is 0.325. The van der Waals surface area contributed by atoms with Crippen LogP contribution in [-0.4, -0.2) is 4.98 Å². The highest BCUT2D eigenvalue weighted by Crippen LogP contribution is 2.45. The van der Waals surface area contributed by atoms with Gasteiger partial charge in [0.1, 0.15) is 0 Å². The summed E-state index contributed by atoms with van der Waals surface area (Å²) in [5.74, 6) is 0.325. The van der Waals surface area contributed by atoms with Gasteiger partial charge in [0.25, 0.3) is 0 Å². The van der Waals surface area contributed by atoms with E-state index < -0.39 is 0 Å². The van der Waals surface area contributed by atoms with Gasteiger partial charge < -0.3 is 0 Å². The highest BCUT2D eigenvalue weighted by atomic mass is 14.7. The summed E-state index contributed by atoms with van der Waals surface area (Å²) in [5, 5.41) is 7.82. The second kappa shape index (κ2) is 10.4. The Morgan fingerprint density at radius 3 is 1.76 bits per heavy atom. The second-order valence-electron chi connectivity index (χ2n) is 11.3. The van der Waals surface area contributed by atoms with Crippen molar-refractivity contribution in [1.29, 1.82) is 0 Å². The third kappa shape index (κ3) is 4.13. The van der Waals surface area contributed by atoms with Crippen LogP contribution in [0, 0.1) is 0 Å². The zero-order chi connectivity index (χ0) is 27.9. The molecule has 0 saturated carbocycles. The van der Waals surface area contributed by atoms with Crippen molar-refractivity contribution < 1.29 is 0 Å². The van der Waals surface area contributed by atoms with E-state index in [0.717, 1.165) is 25.0 Å². The average Bonchev–Trinajstić information content (AvgIpc) is 3.07. The smallest absolute Gasteiger partial charge is 0.0475 e. The highest BCUT2D eigenvalue weighted by Gasteiger charge is 2.20.